The molecule has 0 amide bonds. The molecule has 0 saturated carbocycles. The van der Waals surface area contributed by atoms with Crippen molar-refractivity contribution in [2.45, 2.75) is 37.6 Å². The number of rotatable bonds is 3. The molecule has 2 heterocycles. The number of ether oxygens (including phenoxy) is 1. The second-order valence-corrected chi connectivity index (χ2v) is 5.33. The van der Waals surface area contributed by atoms with Gasteiger partial charge in [0.05, 0.1) is 13.2 Å². The molecule has 3 rings (SSSR count). The van der Waals surface area contributed by atoms with E-state index in [2.05, 4.69) is 29.6 Å². The van der Waals surface area contributed by atoms with Gasteiger partial charge in [0.25, 0.3) is 0 Å². The van der Waals surface area contributed by atoms with Crippen molar-refractivity contribution in [3.05, 3.63) is 35.4 Å². The van der Waals surface area contributed by atoms with Crippen molar-refractivity contribution < 1.29 is 4.74 Å². The first-order chi connectivity index (χ1) is 8.42. The summed E-state index contributed by atoms with van der Waals surface area (Å²) < 4.78 is 5.27. The van der Waals surface area contributed by atoms with Gasteiger partial charge in [0, 0.05) is 12.0 Å². The summed E-state index contributed by atoms with van der Waals surface area (Å²) in [4.78, 5) is 0. The molecule has 1 unspecified atom stereocenters. The molecule has 0 radical (unpaired) electrons. The maximum atomic E-state index is 5.27. The Labute approximate surface area is 103 Å². The average Bonchev–Trinajstić information content (AvgIpc) is 2.28. The van der Waals surface area contributed by atoms with Crippen molar-refractivity contribution in [1.29, 1.82) is 0 Å². The van der Waals surface area contributed by atoms with Crippen LogP contribution in [-0.4, -0.2) is 25.8 Å². The van der Waals surface area contributed by atoms with E-state index in [1.165, 1.54) is 43.4 Å². The SMILES string of the molecule is c1cc(CC2CCCCN2)cc(C2COC2)c1. The summed E-state index contributed by atoms with van der Waals surface area (Å²) in [6.07, 6.45) is 5.24. The van der Waals surface area contributed by atoms with Crippen molar-refractivity contribution in [3.8, 4) is 0 Å². The van der Waals surface area contributed by atoms with E-state index in [0.29, 0.717) is 12.0 Å². The second-order valence-electron chi connectivity index (χ2n) is 5.33. The van der Waals surface area contributed by atoms with Crippen LogP contribution in [0.3, 0.4) is 0 Å². The molecular weight excluding hydrogens is 210 g/mol. The van der Waals surface area contributed by atoms with Crippen LogP contribution in [0.2, 0.25) is 0 Å². The fourth-order valence-corrected chi connectivity index (χ4v) is 2.78. The molecule has 17 heavy (non-hydrogen) atoms. The van der Waals surface area contributed by atoms with Crippen LogP contribution < -0.4 is 5.32 Å². The molecule has 0 spiro atoms. The predicted molar refractivity (Wildman–Crippen MR) is 69.3 cm³/mol. The summed E-state index contributed by atoms with van der Waals surface area (Å²) in [6.45, 7) is 3.01. The molecule has 2 heteroatoms. The van der Waals surface area contributed by atoms with E-state index < -0.39 is 0 Å². The highest BCUT2D eigenvalue weighted by Gasteiger charge is 2.21. The molecule has 92 valence electrons. The molecule has 2 nitrogen and oxygen atoms in total. The van der Waals surface area contributed by atoms with Gasteiger partial charge in [0.1, 0.15) is 0 Å². The Balaban J connectivity index is 1.65. The molecule has 1 aromatic rings. The highest BCUT2D eigenvalue weighted by Crippen LogP contribution is 2.25. The summed E-state index contributed by atoms with van der Waals surface area (Å²) in [7, 11) is 0. The molecule has 2 aliphatic heterocycles. The molecule has 0 aromatic heterocycles. The highest BCUT2D eigenvalue weighted by molar-refractivity contribution is 5.28. The fraction of sp³-hybridized carbons (Fsp3) is 0.600. The van der Waals surface area contributed by atoms with Gasteiger partial charge in [-0.1, -0.05) is 30.7 Å². The Morgan fingerprint density at radius 1 is 1.24 bits per heavy atom. The Morgan fingerprint density at radius 2 is 2.18 bits per heavy atom. The van der Waals surface area contributed by atoms with Gasteiger partial charge in [-0.05, 0) is 36.9 Å². The Bertz CT molecular complexity index is 367. The first-order valence-corrected chi connectivity index (χ1v) is 6.82. The van der Waals surface area contributed by atoms with Crippen LogP contribution in [0.1, 0.15) is 36.3 Å². The van der Waals surface area contributed by atoms with Gasteiger partial charge in [0.15, 0.2) is 0 Å². The van der Waals surface area contributed by atoms with Crippen molar-refractivity contribution in [2.75, 3.05) is 19.8 Å². The molecule has 1 atom stereocenters. The number of hydrogen-bond acceptors (Lipinski definition) is 2. The van der Waals surface area contributed by atoms with Gasteiger partial charge >= 0.3 is 0 Å². The average molecular weight is 231 g/mol. The third-order valence-electron chi connectivity index (χ3n) is 3.95. The van der Waals surface area contributed by atoms with Crippen LogP contribution in [0.4, 0.5) is 0 Å². The Hall–Kier alpha value is -0.860. The number of hydrogen-bond donors (Lipinski definition) is 1. The summed E-state index contributed by atoms with van der Waals surface area (Å²) in [5, 5.41) is 3.62. The highest BCUT2D eigenvalue weighted by atomic mass is 16.5. The monoisotopic (exact) mass is 231 g/mol. The number of piperidine rings is 1. The molecule has 0 bridgehead atoms. The van der Waals surface area contributed by atoms with Gasteiger partial charge in [-0.3, -0.25) is 0 Å². The lowest BCUT2D eigenvalue weighted by Crippen LogP contribution is -2.35. The largest absolute Gasteiger partial charge is 0.380 e. The minimum atomic E-state index is 0.647. The van der Waals surface area contributed by atoms with Crippen molar-refractivity contribution >= 4 is 0 Å². The van der Waals surface area contributed by atoms with E-state index in [-0.39, 0.29) is 0 Å². The third kappa shape index (κ3) is 2.70. The second kappa shape index (κ2) is 5.19. The Morgan fingerprint density at radius 3 is 2.88 bits per heavy atom. The summed E-state index contributed by atoms with van der Waals surface area (Å²) in [5.74, 6) is 0.647. The molecule has 2 fully saturated rings. The van der Waals surface area contributed by atoms with E-state index >= 15 is 0 Å². The van der Waals surface area contributed by atoms with E-state index in [1.807, 2.05) is 0 Å². The summed E-state index contributed by atoms with van der Waals surface area (Å²) in [6, 6.07) is 9.77. The minimum Gasteiger partial charge on any atom is -0.380 e. The van der Waals surface area contributed by atoms with Crippen LogP contribution in [0.5, 0.6) is 0 Å². The Kier molecular flexibility index (Phi) is 3.44. The maximum absolute atomic E-state index is 5.27. The summed E-state index contributed by atoms with van der Waals surface area (Å²) >= 11 is 0. The lowest BCUT2D eigenvalue weighted by atomic mass is 9.92. The van der Waals surface area contributed by atoms with E-state index in [0.717, 1.165) is 13.2 Å². The van der Waals surface area contributed by atoms with Gasteiger partial charge in [-0.25, -0.2) is 0 Å². The quantitative estimate of drug-likeness (QED) is 0.863. The molecule has 0 aliphatic carbocycles. The van der Waals surface area contributed by atoms with Gasteiger partial charge in [-0.2, -0.15) is 0 Å². The van der Waals surface area contributed by atoms with Gasteiger partial charge in [-0.15, -0.1) is 0 Å². The van der Waals surface area contributed by atoms with Gasteiger partial charge < -0.3 is 10.1 Å². The summed E-state index contributed by atoms with van der Waals surface area (Å²) in [5.41, 5.74) is 2.94. The first-order valence-electron chi connectivity index (χ1n) is 6.82. The van der Waals surface area contributed by atoms with E-state index in [1.54, 1.807) is 0 Å². The topological polar surface area (TPSA) is 21.3 Å². The molecule has 1 N–H and O–H groups in total. The molecule has 2 saturated heterocycles. The zero-order valence-corrected chi connectivity index (χ0v) is 10.3. The fourth-order valence-electron chi connectivity index (χ4n) is 2.78. The van der Waals surface area contributed by atoms with Crippen LogP contribution in [0.25, 0.3) is 0 Å². The van der Waals surface area contributed by atoms with Crippen LogP contribution >= 0.6 is 0 Å². The molecular formula is C15H21NO. The number of benzene rings is 1. The lowest BCUT2D eigenvalue weighted by molar-refractivity contribution is 0.00839. The molecule has 2 aliphatic rings. The van der Waals surface area contributed by atoms with Crippen molar-refractivity contribution in [3.63, 3.8) is 0 Å². The predicted octanol–water partition coefficient (Wildman–Crippen LogP) is 2.49. The van der Waals surface area contributed by atoms with E-state index in [4.69, 9.17) is 4.74 Å². The van der Waals surface area contributed by atoms with Crippen LogP contribution in [0, 0.1) is 0 Å². The zero-order chi connectivity index (χ0) is 11.5. The van der Waals surface area contributed by atoms with E-state index in [9.17, 15) is 0 Å². The number of nitrogens with one attached hydrogen (secondary N) is 1. The van der Waals surface area contributed by atoms with Crippen LogP contribution in [-0.2, 0) is 11.2 Å². The van der Waals surface area contributed by atoms with Crippen molar-refractivity contribution in [2.24, 2.45) is 0 Å². The minimum absolute atomic E-state index is 0.647. The third-order valence-corrected chi connectivity index (χ3v) is 3.95. The smallest absolute Gasteiger partial charge is 0.0557 e. The standard InChI is InChI=1S/C15H21NO/c1-2-7-16-15(6-1)9-12-4-3-5-13(8-12)14-10-17-11-14/h3-5,8,14-16H,1-2,6-7,9-11H2. The molecule has 1 aromatic carbocycles. The lowest BCUT2D eigenvalue weighted by Gasteiger charge is -2.27. The van der Waals surface area contributed by atoms with Crippen molar-refractivity contribution in [1.82, 2.24) is 5.32 Å². The maximum Gasteiger partial charge on any atom is 0.0557 e. The zero-order valence-electron chi connectivity index (χ0n) is 10.3. The van der Waals surface area contributed by atoms with Crippen LogP contribution in [0.15, 0.2) is 24.3 Å². The van der Waals surface area contributed by atoms with Gasteiger partial charge in [0.2, 0.25) is 0 Å². The normalized spacial score (nSPS) is 25.5. The first kappa shape index (κ1) is 11.2.